The number of benzene rings is 1. The fourth-order valence-corrected chi connectivity index (χ4v) is 0.985. The van der Waals surface area contributed by atoms with E-state index in [-0.39, 0.29) is 29.3 Å². The predicted octanol–water partition coefficient (Wildman–Crippen LogP) is 1.41. The molecule has 0 heterocycles. The van der Waals surface area contributed by atoms with Crippen molar-refractivity contribution in [3.8, 4) is 5.75 Å². The number of rotatable bonds is 3. The molecule has 0 aliphatic carbocycles. The zero-order valence-corrected chi connectivity index (χ0v) is 9.03. The molecule has 0 aromatic heterocycles. The van der Waals surface area contributed by atoms with Gasteiger partial charge in [-0.2, -0.15) is 0 Å². The third kappa shape index (κ3) is 2.82. The molecule has 72 valence electrons. The monoisotopic (exact) mass is 245 g/mol. The van der Waals surface area contributed by atoms with E-state index in [2.05, 4.69) is 0 Å². The van der Waals surface area contributed by atoms with Gasteiger partial charge in [-0.3, -0.25) is 4.79 Å². The molecule has 0 bridgehead atoms. The first-order chi connectivity index (χ1) is 5.79. The number of Topliss-reactive ketones (excluding diaryl/α,β-unsaturated/α-hetero) is 1. The number of ether oxygens (including phenoxy) is 1. The molecule has 0 fully saturated rings. The van der Waals surface area contributed by atoms with Crippen molar-refractivity contribution < 1.29 is 9.53 Å². The minimum absolute atomic E-state index is 0. The van der Waals surface area contributed by atoms with Crippen LogP contribution in [0.3, 0.4) is 0 Å². The first kappa shape index (κ1) is 12.1. The third-order valence-electron chi connectivity index (χ3n) is 1.59. The number of hydrogen-bond donors (Lipinski definition) is 1. The van der Waals surface area contributed by atoms with Gasteiger partial charge >= 0.3 is 0 Å². The minimum Gasteiger partial charge on any atom is -0.496 e. The molecule has 0 atom stereocenters. The first-order valence-corrected chi connectivity index (χ1v) is 3.66. The fourth-order valence-electron chi connectivity index (χ4n) is 0.985. The van der Waals surface area contributed by atoms with Crippen molar-refractivity contribution in [2.75, 3.05) is 13.7 Å². The van der Waals surface area contributed by atoms with Crippen molar-refractivity contribution in [2.45, 2.75) is 0 Å². The first-order valence-electron chi connectivity index (χ1n) is 3.66. The summed E-state index contributed by atoms with van der Waals surface area (Å²) >= 11 is 0. The van der Waals surface area contributed by atoms with E-state index in [0.717, 1.165) is 0 Å². The van der Waals surface area contributed by atoms with Crippen molar-refractivity contribution in [1.29, 1.82) is 0 Å². The minimum atomic E-state index is -0.104. The highest BCUT2D eigenvalue weighted by molar-refractivity contribution is 8.93. The topological polar surface area (TPSA) is 52.3 Å². The highest BCUT2D eigenvalue weighted by atomic mass is 79.9. The second kappa shape index (κ2) is 5.72. The van der Waals surface area contributed by atoms with Crippen molar-refractivity contribution in [3.05, 3.63) is 29.8 Å². The fraction of sp³-hybridized carbons (Fsp3) is 0.222. The van der Waals surface area contributed by atoms with E-state index in [1.54, 1.807) is 18.2 Å². The number of carbonyl (C=O) groups excluding carboxylic acids is 1. The van der Waals surface area contributed by atoms with Crippen LogP contribution >= 0.6 is 17.0 Å². The van der Waals surface area contributed by atoms with Gasteiger partial charge in [0.05, 0.1) is 19.2 Å². The molecule has 0 aliphatic rings. The maximum atomic E-state index is 11.2. The number of carbonyl (C=O) groups is 1. The standard InChI is InChI=1S/C9H11NO2.BrH/c1-12-9-5-3-2-4-7(9)8(11)6-10;/h2-5H,6,10H2,1H3;1H. The van der Waals surface area contributed by atoms with Crippen LogP contribution in [0, 0.1) is 0 Å². The summed E-state index contributed by atoms with van der Waals surface area (Å²) in [5, 5.41) is 0. The summed E-state index contributed by atoms with van der Waals surface area (Å²) in [6.45, 7) is 0.0143. The number of para-hydroxylation sites is 1. The van der Waals surface area contributed by atoms with Crippen LogP contribution in [0.25, 0.3) is 0 Å². The lowest BCUT2D eigenvalue weighted by Gasteiger charge is -2.04. The summed E-state index contributed by atoms with van der Waals surface area (Å²) in [5.74, 6) is 0.473. The summed E-state index contributed by atoms with van der Waals surface area (Å²) in [7, 11) is 1.53. The highest BCUT2D eigenvalue weighted by Crippen LogP contribution is 2.16. The van der Waals surface area contributed by atoms with E-state index in [0.29, 0.717) is 11.3 Å². The van der Waals surface area contributed by atoms with Gasteiger partial charge in [0.1, 0.15) is 5.75 Å². The molecule has 0 saturated heterocycles. The molecule has 0 radical (unpaired) electrons. The number of nitrogens with two attached hydrogens (primary N) is 1. The zero-order valence-electron chi connectivity index (χ0n) is 7.32. The number of halogens is 1. The largest absolute Gasteiger partial charge is 0.496 e. The van der Waals surface area contributed by atoms with Gasteiger partial charge in [0.15, 0.2) is 5.78 Å². The van der Waals surface area contributed by atoms with E-state index < -0.39 is 0 Å². The summed E-state index contributed by atoms with van der Waals surface area (Å²) in [5.41, 5.74) is 5.77. The summed E-state index contributed by atoms with van der Waals surface area (Å²) in [6.07, 6.45) is 0. The molecule has 1 aromatic carbocycles. The average Bonchev–Trinajstić information content (AvgIpc) is 2.16. The molecular formula is C9H12BrNO2. The summed E-state index contributed by atoms with van der Waals surface area (Å²) in [6, 6.07) is 7.04. The Hall–Kier alpha value is -0.870. The van der Waals surface area contributed by atoms with E-state index in [1.165, 1.54) is 7.11 Å². The zero-order chi connectivity index (χ0) is 8.97. The van der Waals surface area contributed by atoms with Crippen LogP contribution in [0.2, 0.25) is 0 Å². The van der Waals surface area contributed by atoms with Crippen LogP contribution < -0.4 is 10.5 Å². The van der Waals surface area contributed by atoms with E-state index >= 15 is 0 Å². The second-order valence-corrected chi connectivity index (χ2v) is 2.33. The molecule has 1 aromatic rings. The van der Waals surface area contributed by atoms with Crippen LogP contribution in [-0.2, 0) is 0 Å². The van der Waals surface area contributed by atoms with Gasteiger partial charge in [-0.15, -0.1) is 17.0 Å². The molecule has 13 heavy (non-hydrogen) atoms. The molecule has 2 N–H and O–H groups in total. The molecular weight excluding hydrogens is 234 g/mol. The lowest BCUT2D eigenvalue weighted by atomic mass is 10.1. The Morgan fingerprint density at radius 1 is 1.46 bits per heavy atom. The Kier molecular flexibility index (Phi) is 5.34. The van der Waals surface area contributed by atoms with Gasteiger partial charge in [-0.1, -0.05) is 12.1 Å². The number of hydrogen-bond acceptors (Lipinski definition) is 3. The maximum absolute atomic E-state index is 11.2. The van der Waals surface area contributed by atoms with Crippen LogP contribution in [0.15, 0.2) is 24.3 Å². The Labute approximate surface area is 87.7 Å². The second-order valence-electron chi connectivity index (χ2n) is 2.33. The highest BCUT2D eigenvalue weighted by Gasteiger charge is 2.08. The number of methoxy groups -OCH3 is 1. The van der Waals surface area contributed by atoms with E-state index in [1.807, 2.05) is 6.07 Å². The van der Waals surface area contributed by atoms with Gasteiger partial charge < -0.3 is 10.5 Å². The van der Waals surface area contributed by atoms with Crippen LogP contribution in [0.4, 0.5) is 0 Å². The van der Waals surface area contributed by atoms with Gasteiger partial charge in [-0.25, -0.2) is 0 Å². The molecule has 4 heteroatoms. The summed E-state index contributed by atoms with van der Waals surface area (Å²) < 4.78 is 4.99. The Morgan fingerprint density at radius 3 is 2.62 bits per heavy atom. The lowest BCUT2D eigenvalue weighted by molar-refractivity contribution is 0.0998. The van der Waals surface area contributed by atoms with Crippen molar-refractivity contribution in [1.82, 2.24) is 0 Å². The Morgan fingerprint density at radius 2 is 2.08 bits per heavy atom. The van der Waals surface area contributed by atoms with Crippen LogP contribution in [-0.4, -0.2) is 19.4 Å². The molecule has 0 amide bonds. The SMILES string of the molecule is Br.COc1ccccc1C(=O)CN. The van der Waals surface area contributed by atoms with Gasteiger partial charge in [0.25, 0.3) is 0 Å². The third-order valence-corrected chi connectivity index (χ3v) is 1.59. The molecule has 0 spiro atoms. The molecule has 1 rings (SSSR count). The smallest absolute Gasteiger partial charge is 0.180 e. The van der Waals surface area contributed by atoms with E-state index in [9.17, 15) is 4.79 Å². The maximum Gasteiger partial charge on any atom is 0.180 e. The Bertz CT molecular complexity index is 289. The van der Waals surface area contributed by atoms with E-state index in [4.69, 9.17) is 10.5 Å². The van der Waals surface area contributed by atoms with Crippen molar-refractivity contribution >= 4 is 22.8 Å². The van der Waals surface area contributed by atoms with Gasteiger partial charge in [-0.05, 0) is 12.1 Å². The lowest BCUT2D eigenvalue weighted by Crippen LogP contribution is -2.14. The van der Waals surface area contributed by atoms with Crippen molar-refractivity contribution in [3.63, 3.8) is 0 Å². The van der Waals surface area contributed by atoms with Crippen LogP contribution in [0.1, 0.15) is 10.4 Å². The molecule has 0 unspecified atom stereocenters. The van der Waals surface area contributed by atoms with Gasteiger partial charge in [0.2, 0.25) is 0 Å². The predicted molar refractivity (Wildman–Crippen MR) is 56.7 cm³/mol. The number of ketones is 1. The van der Waals surface area contributed by atoms with Crippen LogP contribution in [0.5, 0.6) is 5.75 Å². The molecule has 0 aliphatic heterocycles. The Balaban J connectivity index is 0.00000144. The summed E-state index contributed by atoms with van der Waals surface area (Å²) in [4.78, 5) is 11.2. The quantitative estimate of drug-likeness (QED) is 0.820. The molecule has 3 nitrogen and oxygen atoms in total. The normalized spacial score (nSPS) is 8.77. The van der Waals surface area contributed by atoms with Crippen molar-refractivity contribution in [2.24, 2.45) is 5.73 Å². The molecule has 0 saturated carbocycles. The average molecular weight is 246 g/mol. The van der Waals surface area contributed by atoms with Gasteiger partial charge in [0, 0.05) is 0 Å².